The van der Waals surface area contributed by atoms with Crippen LogP contribution in [0.4, 0.5) is 0 Å². The maximum atomic E-state index is 3.55. The normalized spacial score (nSPS) is 19.7. The molecule has 0 saturated carbocycles. The molecular weight excluding hydrogens is 250 g/mol. The number of hydrogen-bond acceptors (Lipinski definition) is 2. The molecule has 2 unspecified atom stereocenters. The molecule has 1 nitrogen and oxygen atoms in total. The van der Waals surface area contributed by atoms with E-state index in [-0.39, 0.29) is 0 Å². The third kappa shape index (κ3) is 4.85. The van der Waals surface area contributed by atoms with Crippen LogP contribution >= 0.6 is 11.8 Å². The van der Waals surface area contributed by atoms with E-state index < -0.39 is 0 Å². The Morgan fingerprint density at radius 3 is 2.79 bits per heavy atom. The predicted molar refractivity (Wildman–Crippen MR) is 85.9 cm³/mol. The number of rotatable bonds is 7. The van der Waals surface area contributed by atoms with Gasteiger partial charge < -0.3 is 5.32 Å². The molecule has 0 amide bonds. The molecule has 1 heterocycles. The maximum Gasteiger partial charge on any atom is 0.0138 e. The van der Waals surface area contributed by atoms with E-state index in [0.717, 1.165) is 23.6 Å². The van der Waals surface area contributed by atoms with Gasteiger partial charge in [-0.15, -0.1) is 11.8 Å². The standard InChI is InChI=1S/C17H27NS/c1-13(2)12-18-9-8-14(3)10-16-11-15-6-4-5-7-17(15)19-16/h4-7,13-14,16,18H,8-12H2,1-3H3. The summed E-state index contributed by atoms with van der Waals surface area (Å²) < 4.78 is 0. The summed E-state index contributed by atoms with van der Waals surface area (Å²) in [5, 5.41) is 4.35. The lowest BCUT2D eigenvalue weighted by atomic mass is 9.98. The van der Waals surface area contributed by atoms with E-state index in [4.69, 9.17) is 0 Å². The number of benzene rings is 1. The molecule has 2 atom stereocenters. The van der Waals surface area contributed by atoms with Gasteiger partial charge in [-0.25, -0.2) is 0 Å². The van der Waals surface area contributed by atoms with Gasteiger partial charge in [0.05, 0.1) is 0 Å². The highest BCUT2D eigenvalue weighted by molar-refractivity contribution is 8.00. The van der Waals surface area contributed by atoms with Crippen LogP contribution in [0.15, 0.2) is 29.2 Å². The van der Waals surface area contributed by atoms with Crippen molar-refractivity contribution in [2.45, 2.75) is 50.2 Å². The van der Waals surface area contributed by atoms with Gasteiger partial charge in [-0.05, 0) is 55.8 Å². The van der Waals surface area contributed by atoms with Crippen molar-refractivity contribution in [2.24, 2.45) is 11.8 Å². The van der Waals surface area contributed by atoms with Gasteiger partial charge >= 0.3 is 0 Å². The van der Waals surface area contributed by atoms with Gasteiger partial charge in [0.2, 0.25) is 0 Å². The zero-order valence-electron chi connectivity index (χ0n) is 12.5. The molecule has 2 heteroatoms. The van der Waals surface area contributed by atoms with E-state index in [1.807, 2.05) is 0 Å². The van der Waals surface area contributed by atoms with Crippen LogP contribution in [0.25, 0.3) is 0 Å². The van der Waals surface area contributed by atoms with Gasteiger partial charge in [-0.3, -0.25) is 0 Å². The molecule has 106 valence electrons. The van der Waals surface area contributed by atoms with Gasteiger partial charge in [0.25, 0.3) is 0 Å². The molecule has 1 N–H and O–H groups in total. The Balaban J connectivity index is 1.66. The molecule has 0 aromatic heterocycles. The minimum atomic E-state index is 0.759. The Kier molecular flexibility index (Phi) is 5.77. The second-order valence-electron chi connectivity index (χ2n) is 6.28. The Bertz CT molecular complexity index is 364. The predicted octanol–water partition coefficient (Wildman–Crippen LogP) is 4.37. The highest BCUT2D eigenvalue weighted by Gasteiger charge is 2.23. The van der Waals surface area contributed by atoms with Crippen molar-refractivity contribution in [2.75, 3.05) is 13.1 Å². The lowest BCUT2D eigenvalue weighted by molar-refractivity contribution is 0.449. The zero-order valence-corrected chi connectivity index (χ0v) is 13.3. The third-order valence-electron chi connectivity index (χ3n) is 3.75. The molecule has 0 aliphatic carbocycles. The Morgan fingerprint density at radius 2 is 2.05 bits per heavy atom. The topological polar surface area (TPSA) is 12.0 Å². The van der Waals surface area contributed by atoms with Crippen LogP contribution in [0.1, 0.15) is 39.2 Å². The van der Waals surface area contributed by atoms with E-state index in [2.05, 4.69) is 62.1 Å². The highest BCUT2D eigenvalue weighted by Crippen LogP contribution is 2.39. The van der Waals surface area contributed by atoms with E-state index in [1.54, 1.807) is 5.56 Å². The van der Waals surface area contributed by atoms with Gasteiger partial charge in [0, 0.05) is 10.1 Å². The molecule has 1 aromatic rings. The molecule has 0 bridgehead atoms. The fraction of sp³-hybridized carbons (Fsp3) is 0.647. The molecule has 0 radical (unpaired) electrons. The molecule has 1 aliphatic heterocycles. The first-order valence-corrected chi connectivity index (χ1v) is 8.48. The average Bonchev–Trinajstić information content (AvgIpc) is 2.76. The van der Waals surface area contributed by atoms with Crippen molar-refractivity contribution >= 4 is 11.8 Å². The van der Waals surface area contributed by atoms with E-state index >= 15 is 0 Å². The number of thioether (sulfide) groups is 1. The van der Waals surface area contributed by atoms with Gasteiger partial charge in [0.1, 0.15) is 0 Å². The van der Waals surface area contributed by atoms with Crippen LogP contribution in [0.5, 0.6) is 0 Å². The van der Waals surface area contributed by atoms with Crippen molar-refractivity contribution in [3.05, 3.63) is 29.8 Å². The SMILES string of the molecule is CC(C)CNCCC(C)CC1Cc2ccccc2S1. The lowest BCUT2D eigenvalue weighted by Crippen LogP contribution is -2.22. The maximum absolute atomic E-state index is 3.55. The number of nitrogens with one attached hydrogen (secondary N) is 1. The van der Waals surface area contributed by atoms with Crippen molar-refractivity contribution in [3.8, 4) is 0 Å². The van der Waals surface area contributed by atoms with Gasteiger partial charge in [0.15, 0.2) is 0 Å². The van der Waals surface area contributed by atoms with Gasteiger partial charge in [-0.2, -0.15) is 0 Å². The number of fused-ring (bicyclic) bond motifs is 1. The highest BCUT2D eigenvalue weighted by atomic mass is 32.2. The summed E-state index contributed by atoms with van der Waals surface area (Å²) >= 11 is 2.09. The molecule has 0 fully saturated rings. The molecule has 1 aliphatic rings. The summed E-state index contributed by atoms with van der Waals surface area (Å²) in [5.74, 6) is 1.58. The van der Waals surface area contributed by atoms with E-state index in [1.165, 1.54) is 30.7 Å². The fourth-order valence-electron chi connectivity index (χ4n) is 2.69. The summed E-state index contributed by atoms with van der Waals surface area (Å²) in [5.41, 5.74) is 1.56. The first-order valence-electron chi connectivity index (χ1n) is 7.60. The summed E-state index contributed by atoms with van der Waals surface area (Å²) in [4.78, 5) is 1.51. The van der Waals surface area contributed by atoms with Crippen molar-refractivity contribution < 1.29 is 0 Å². The molecule has 0 spiro atoms. The van der Waals surface area contributed by atoms with Crippen LogP contribution in [0.3, 0.4) is 0 Å². The summed E-state index contributed by atoms with van der Waals surface area (Å²) in [7, 11) is 0. The monoisotopic (exact) mass is 277 g/mol. The van der Waals surface area contributed by atoms with Gasteiger partial charge in [-0.1, -0.05) is 39.0 Å². The summed E-state index contributed by atoms with van der Waals surface area (Å²) in [6.45, 7) is 9.26. The average molecular weight is 277 g/mol. The number of hydrogen-bond donors (Lipinski definition) is 1. The minimum Gasteiger partial charge on any atom is -0.316 e. The summed E-state index contributed by atoms with van der Waals surface area (Å²) in [6, 6.07) is 8.89. The van der Waals surface area contributed by atoms with Crippen molar-refractivity contribution in [3.63, 3.8) is 0 Å². The van der Waals surface area contributed by atoms with Crippen LogP contribution in [0, 0.1) is 11.8 Å². The van der Waals surface area contributed by atoms with E-state index in [0.29, 0.717) is 0 Å². The quantitative estimate of drug-likeness (QED) is 0.743. The largest absolute Gasteiger partial charge is 0.316 e. The van der Waals surface area contributed by atoms with E-state index in [9.17, 15) is 0 Å². The Labute approximate surface area is 122 Å². The third-order valence-corrected chi connectivity index (χ3v) is 5.09. The lowest BCUT2D eigenvalue weighted by Gasteiger charge is -2.16. The van der Waals surface area contributed by atoms with Crippen LogP contribution < -0.4 is 5.32 Å². The minimum absolute atomic E-state index is 0.759. The first kappa shape index (κ1) is 14.9. The summed E-state index contributed by atoms with van der Waals surface area (Å²) in [6.07, 6.45) is 3.92. The van der Waals surface area contributed by atoms with Crippen LogP contribution in [0.2, 0.25) is 0 Å². The molecule has 0 saturated heterocycles. The molecular formula is C17H27NS. The van der Waals surface area contributed by atoms with Crippen molar-refractivity contribution in [1.82, 2.24) is 5.32 Å². The second-order valence-corrected chi connectivity index (χ2v) is 7.62. The molecule has 1 aromatic carbocycles. The Morgan fingerprint density at radius 1 is 1.26 bits per heavy atom. The van der Waals surface area contributed by atoms with Crippen LogP contribution in [-0.2, 0) is 6.42 Å². The smallest absolute Gasteiger partial charge is 0.0138 e. The second kappa shape index (κ2) is 7.35. The Hall–Kier alpha value is -0.470. The fourth-order valence-corrected chi connectivity index (χ4v) is 4.20. The first-order chi connectivity index (χ1) is 9.15. The van der Waals surface area contributed by atoms with Crippen molar-refractivity contribution in [1.29, 1.82) is 0 Å². The van der Waals surface area contributed by atoms with Crippen LogP contribution in [-0.4, -0.2) is 18.3 Å². The zero-order chi connectivity index (χ0) is 13.7. The molecule has 19 heavy (non-hydrogen) atoms. The molecule has 2 rings (SSSR count).